The molecule has 1 heterocycles. The zero-order valence-electron chi connectivity index (χ0n) is 8.57. The van der Waals surface area contributed by atoms with Crippen LogP contribution < -0.4 is 4.74 Å². The lowest BCUT2D eigenvalue weighted by atomic mass is 10.1. The molecule has 0 aliphatic heterocycles. The van der Waals surface area contributed by atoms with Crippen molar-refractivity contribution in [2.24, 2.45) is 0 Å². The van der Waals surface area contributed by atoms with E-state index >= 15 is 0 Å². The molecule has 0 spiro atoms. The second kappa shape index (κ2) is 4.45. The van der Waals surface area contributed by atoms with Crippen LogP contribution in [0.5, 0.6) is 5.75 Å². The molecule has 0 aliphatic rings. The molecule has 2 aromatic rings. The van der Waals surface area contributed by atoms with E-state index in [0.717, 1.165) is 11.2 Å². The summed E-state index contributed by atoms with van der Waals surface area (Å²) in [6, 6.07) is 6.34. The molecule has 0 fully saturated rings. The summed E-state index contributed by atoms with van der Waals surface area (Å²) in [4.78, 5) is 11.3. The maximum atomic E-state index is 13.7. The van der Waals surface area contributed by atoms with E-state index in [0.29, 0.717) is 16.9 Å². The van der Waals surface area contributed by atoms with Crippen molar-refractivity contribution >= 4 is 17.6 Å². The van der Waals surface area contributed by atoms with Crippen molar-refractivity contribution in [2.75, 3.05) is 7.11 Å². The summed E-state index contributed by atoms with van der Waals surface area (Å²) in [7, 11) is 1.49. The second-order valence-corrected chi connectivity index (χ2v) is 4.12. The van der Waals surface area contributed by atoms with Crippen LogP contribution in [-0.2, 0) is 0 Å². The van der Waals surface area contributed by atoms with Crippen LogP contribution in [-0.4, -0.2) is 13.4 Å². The molecule has 1 aromatic carbocycles. The smallest absolute Gasteiger partial charge is 0.150 e. The molecule has 0 unspecified atom stereocenters. The third-order valence-corrected chi connectivity index (χ3v) is 3.18. The van der Waals surface area contributed by atoms with E-state index in [9.17, 15) is 9.18 Å². The van der Waals surface area contributed by atoms with Crippen molar-refractivity contribution in [3.8, 4) is 16.2 Å². The largest absolute Gasteiger partial charge is 0.497 e. The molecule has 82 valence electrons. The van der Waals surface area contributed by atoms with Gasteiger partial charge < -0.3 is 4.74 Å². The predicted molar refractivity (Wildman–Crippen MR) is 61.7 cm³/mol. The van der Waals surface area contributed by atoms with Gasteiger partial charge in [-0.1, -0.05) is 0 Å². The van der Waals surface area contributed by atoms with Crippen molar-refractivity contribution in [1.29, 1.82) is 0 Å². The van der Waals surface area contributed by atoms with Crippen molar-refractivity contribution in [2.45, 2.75) is 0 Å². The van der Waals surface area contributed by atoms with Gasteiger partial charge in [-0.15, -0.1) is 11.3 Å². The first kappa shape index (κ1) is 10.8. The molecule has 0 amide bonds. The normalized spacial score (nSPS) is 10.1. The Morgan fingerprint density at radius 3 is 2.75 bits per heavy atom. The molecule has 0 saturated carbocycles. The molecule has 0 radical (unpaired) electrons. The second-order valence-electron chi connectivity index (χ2n) is 3.21. The summed E-state index contributed by atoms with van der Waals surface area (Å²) in [6.45, 7) is 0. The van der Waals surface area contributed by atoms with E-state index in [1.165, 1.54) is 24.5 Å². The Morgan fingerprint density at radius 2 is 2.19 bits per heavy atom. The van der Waals surface area contributed by atoms with Gasteiger partial charge in [0.05, 0.1) is 7.11 Å². The number of halogens is 1. The lowest BCUT2D eigenvalue weighted by molar-refractivity contribution is 0.112. The molecule has 0 aliphatic carbocycles. The van der Waals surface area contributed by atoms with Crippen molar-refractivity contribution in [3.63, 3.8) is 0 Å². The lowest BCUT2D eigenvalue weighted by Gasteiger charge is -2.03. The van der Waals surface area contributed by atoms with Gasteiger partial charge in [0, 0.05) is 27.5 Å². The highest BCUT2D eigenvalue weighted by Crippen LogP contribution is 2.30. The molecular formula is C12H9FO2S. The van der Waals surface area contributed by atoms with Crippen LogP contribution in [0.2, 0.25) is 0 Å². The fourth-order valence-electron chi connectivity index (χ4n) is 1.38. The maximum absolute atomic E-state index is 13.7. The van der Waals surface area contributed by atoms with Crippen molar-refractivity contribution < 1.29 is 13.9 Å². The monoisotopic (exact) mass is 236 g/mol. The predicted octanol–water partition coefficient (Wildman–Crippen LogP) is 3.38. The lowest BCUT2D eigenvalue weighted by Crippen LogP contribution is -1.86. The highest BCUT2D eigenvalue weighted by Gasteiger charge is 2.08. The van der Waals surface area contributed by atoms with E-state index in [1.807, 2.05) is 0 Å². The molecule has 1 aromatic heterocycles. The van der Waals surface area contributed by atoms with Gasteiger partial charge in [-0.25, -0.2) is 4.39 Å². The van der Waals surface area contributed by atoms with Gasteiger partial charge in [-0.3, -0.25) is 4.79 Å². The van der Waals surface area contributed by atoms with Crippen molar-refractivity contribution in [3.05, 3.63) is 41.0 Å². The highest BCUT2D eigenvalue weighted by atomic mass is 32.1. The first-order valence-corrected chi connectivity index (χ1v) is 5.50. The van der Waals surface area contributed by atoms with Crippen molar-refractivity contribution in [1.82, 2.24) is 0 Å². The molecule has 2 rings (SSSR count). The van der Waals surface area contributed by atoms with E-state index in [4.69, 9.17) is 4.74 Å². The van der Waals surface area contributed by atoms with Gasteiger partial charge >= 0.3 is 0 Å². The molecule has 0 bridgehead atoms. The average molecular weight is 236 g/mol. The molecule has 0 saturated heterocycles. The Kier molecular flexibility index (Phi) is 3.01. The Balaban J connectivity index is 2.43. The Morgan fingerprint density at radius 1 is 1.38 bits per heavy atom. The average Bonchev–Trinajstić information content (AvgIpc) is 2.77. The number of aldehydes is 1. The number of methoxy groups -OCH3 is 1. The van der Waals surface area contributed by atoms with Crippen LogP contribution in [0.4, 0.5) is 4.39 Å². The number of carbonyl (C=O) groups is 1. The number of carbonyl (C=O) groups excluding carboxylic acids is 1. The zero-order chi connectivity index (χ0) is 11.5. The van der Waals surface area contributed by atoms with Crippen LogP contribution in [0.1, 0.15) is 10.4 Å². The number of thiophene rings is 1. The Hall–Kier alpha value is -1.68. The van der Waals surface area contributed by atoms with Crippen LogP contribution in [0.3, 0.4) is 0 Å². The van der Waals surface area contributed by atoms with Gasteiger partial charge in [0.15, 0.2) is 6.29 Å². The summed E-state index contributed by atoms with van der Waals surface area (Å²) in [5.41, 5.74) is 1.05. The minimum absolute atomic E-state index is 0.348. The third-order valence-electron chi connectivity index (χ3n) is 2.20. The van der Waals surface area contributed by atoms with Crippen LogP contribution in [0.25, 0.3) is 10.4 Å². The number of benzene rings is 1. The molecular weight excluding hydrogens is 227 g/mol. The van der Waals surface area contributed by atoms with Crippen LogP contribution in [0, 0.1) is 5.82 Å². The molecule has 0 atom stereocenters. The van der Waals surface area contributed by atoms with E-state index in [1.54, 1.807) is 23.6 Å². The zero-order valence-corrected chi connectivity index (χ0v) is 9.38. The summed E-state index contributed by atoms with van der Waals surface area (Å²) < 4.78 is 18.6. The molecule has 4 heteroatoms. The summed E-state index contributed by atoms with van der Waals surface area (Å²) >= 11 is 1.34. The summed E-state index contributed by atoms with van der Waals surface area (Å²) in [5.74, 6) is 0.132. The number of rotatable bonds is 3. The first-order valence-electron chi connectivity index (χ1n) is 4.62. The fourth-order valence-corrected chi connectivity index (χ4v) is 2.26. The Labute approximate surface area is 96.3 Å². The fraction of sp³-hybridized carbons (Fsp3) is 0.0833. The molecule has 0 N–H and O–H groups in total. The van der Waals surface area contributed by atoms with Gasteiger partial charge in [-0.05, 0) is 18.2 Å². The quantitative estimate of drug-likeness (QED) is 0.764. The van der Waals surface area contributed by atoms with Gasteiger partial charge in [0.2, 0.25) is 0 Å². The number of hydrogen-bond acceptors (Lipinski definition) is 3. The highest BCUT2D eigenvalue weighted by molar-refractivity contribution is 7.13. The van der Waals surface area contributed by atoms with E-state index < -0.39 is 0 Å². The SMILES string of the molecule is COc1ccc(-c2cc(C=O)cs2)c(F)c1. The number of ether oxygens (including phenoxy) is 1. The van der Waals surface area contributed by atoms with Gasteiger partial charge in [0.1, 0.15) is 11.6 Å². The van der Waals surface area contributed by atoms with Crippen LogP contribution >= 0.6 is 11.3 Å². The standard InChI is InChI=1S/C12H9FO2S/c1-15-9-2-3-10(11(13)5-9)12-4-8(6-14)7-16-12/h2-7H,1H3. The number of hydrogen-bond donors (Lipinski definition) is 0. The van der Waals surface area contributed by atoms with E-state index in [-0.39, 0.29) is 5.82 Å². The minimum atomic E-state index is -0.348. The third kappa shape index (κ3) is 1.97. The summed E-state index contributed by atoms with van der Waals surface area (Å²) in [6.07, 6.45) is 0.751. The minimum Gasteiger partial charge on any atom is -0.497 e. The van der Waals surface area contributed by atoms with Crippen LogP contribution in [0.15, 0.2) is 29.6 Å². The summed E-state index contributed by atoms with van der Waals surface area (Å²) in [5, 5.41) is 1.70. The topological polar surface area (TPSA) is 26.3 Å². The van der Waals surface area contributed by atoms with Gasteiger partial charge in [-0.2, -0.15) is 0 Å². The molecule has 16 heavy (non-hydrogen) atoms. The van der Waals surface area contributed by atoms with Gasteiger partial charge in [0.25, 0.3) is 0 Å². The molecule has 2 nitrogen and oxygen atoms in total. The Bertz CT molecular complexity index is 519. The van der Waals surface area contributed by atoms with E-state index in [2.05, 4.69) is 0 Å². The maximum Gasteiger partial charge on any atom is 0.150 e. The first-order chi connectivity index (χ1) is 7.74.